The maximum absolute atomic E-state index is 5.31. The van der Waals surface area contributed by atoms with E-state index in [9.17, 15) is 0 Å². The first kappa shape index (κ1) is 11.9. The Hall–Kier alpha value is -1.62. The second-order valence-electron chi connectivity index (χ2n) is 4.17. The van der Waals surface area contributed by atoms with Crippen molar-refractivity contribution < 1.29 is 8.94 Å². The molecule has 1 atom stereocenters. The Kier molecular flexibility index (Phi) is 3.58. The van der Waals surface area contributed by atoms with Gasteiger partial charge in [0.15, 0.2) is 5.76 Å². The summed E-state index contributed by atoms with van der Waals surface area (Å²) in [6.07, 6.45) is 3.37. The van der Waals surface area contributed by atoms with E-state index in [0.717, 1.165) is 18.4 Å². The van der Waals surface area contributed by atoms with Crippen LogP contribution in [-0.4, -0.2) is 23.2 Å². The molecule has 0 spiro atoms. The topological polar surface area (TPSA) is 64.1 Å². The van der Waals surface area contributed by atoms with Crippen molar-refractivity contribution in [1.82, 2.24) is 15.5 Å². The molecular formula is C12H17N3O2. The van der Waals surface area contributed by atoms with Crippen LogP contribution in [0, 0.1) is 6.92 Å². The van der Waals surface area contributed by atoms with Crippen LogP contribution >= 0.6 is 0 Å². The highest BCUT2D eigenvalue weighted by molar-refractivity contribution is 5.50. The monoisotopic (exact) mass is 235 g/mol. The molecule has 5 heteroatoms. The summed E-state index contributed by atoms with van der Waals surface area (Å²) in [7, 11) is 1.94. The molecule has 92 valence electrons. The molecule has 2 heterocycles. The Morgan fingerprint density at radius 1 is 1.47 bits per heavy atom. The first-order valence-corrected chi connectivity index (χ1v) is 5.75. The fourth-order valence-corrected chi connectivity index (χ4v) is 1.53. The van der Waals surface area contributed by atoms with E-state index in [4.69, 9.17) is 8.94 Å². The number of nitrogens with zero attached hydrogens (tertiary/aromatic N) is 2. The molecule has 0 bridgehead atoms. The first-order valence-electron chi connectivity index (χ1n) is 5.75. The molecule has 0 aliphatic heterocycles. The van der Waals surface area contributed by atoms with E-state index < -0.39 is 0 Å². The Bertz CT molecular complexity index is 476. The molecule has 0 radical (unpaired) electrons. The highest BCUT2D eigenvalue weighted by Crippen LogP contribution is 2.21. The lowest BCUT2D eigenvalue weighted by atomic mass is 10.2. The zero-order valence-electron chi connectivity index (χ0n) is 10.4. The summed E-state index contributed by atoms with van der Waals surface area (Å²) >= 11 is 0. The van der Waals surface area contributed by atoms with Crippen LogP contribution < -0.4 is 5.32 Å². The van der Waals surface area contributed by atoms with E-state index in [1.165, 1.54) is 0 Å². The highest BCUT2D eigenvalue weighted by atomic mass is 16.5. The lowest BCUT2D eigenvalue weighted by molar-refractivity contribution is 0.368. The SMILES string of the molecule is CNC(C)CCc1nc(-c2occc2C)no1. The molecule has 1 unspecified atom stereocenters. The second kappa shape index (κ2) is 5.14. The van der Waals surface area contributed by atoms with Crippen LogP contribution in [0.5, 0.6) is 0 Å². The van der Waals surface area contributed by atoms with Crippen molar-refractivity contribution in [2.24, 2.45) is 0 Å². The van der Waals surface area contributed by atoms with Gasteiger partial charge in [-0.3, -0.25) is 0 Å². The van der Waals surface area contributed by atoms with E-state index in [-0.39, 0.29) is 0 Å². The summed E-state index contributed by atoms with van der Waals surface area (Å²) in [4.78, 5) is 4.32. The van der Waals surface area contributed by atoms with Crippen LogP contribution in [0.2, 0.25) is 0 Å². The number of aryl methyl sites for hydroxylation is 2. The summed E-state index contributed by atoms with van der Waals surface area (Å²) in [6, 6.07) is 2.32. The second-order valence-corrected chi connectivity index (χ2v) is 4.17. The van der Waals surface area contributed by atoms with Crippen LogP contribution in [0.3, 0.4) is 0 Å². The maximum Gasteiger partial charge on any atom is 0.238 e. The molecule has 0 aliphatic carbocycles. The predicted molar refractivity (Wildman–Crippen MR) is 63.6 cm³/mol. The van der Waals surface area contributed by atoms with Crippen molar-refractivity contribution in [2.75, 3.05) is 7.05 Å². The van der Waals surface area contributed by atoms with Gasteiger partial charge in [-0.1, -0.05) is 5.16 Å². The maximum atomic E-state index is 5.31. The van der Waals surface area contributed by atoms with Gasteiger partial charge >= 0.3 is 0 Å². The number of rotatable bonds is 5. The quantitative estimate of drug-likeness (QED) is 0.860. The molecule has 0 saturated carbocycles. The van der Waals surface area contributed by atoms with Gasteiger partial charge in [0, 0.05) is 12.5 Å². The molecule has 5 nitrogen and oxygen atoms in total. The summed E-state index contributed by atoms with van der Waals surface area (Å²) in [5, 5.41) is 7.09. The van der Waals surface area contributed by atoms with Crippen LogP contribution in [0.4, 0.5) is 0 Å². The van der Waals surface area contributed by atoms with E-state index in [1.54, 1.807) is 6.26 Å². The minimum absolute atomic E-state index is 0.440. The van der Waals surface area contributed by atoms with Crippen LogP contribution in [0.1, 0.15) is 24.8 Å². The zero-order chi connectivity index (χ0) is 12.3. The van der Waals surface area contributed by atoms with Gasteiger partial charge in [0.1, 0.15) is 0 Å². The lowest BCUT2D eigenvalue weighted by Crippen LogP contribution is -2.21. The zero-order valence-corrected chi connectivity index (χ0v) is 10.4. The fourth-order valence-electron chi connectivity index (χ4n) is 1.53. The third-order valence-corrected chi connectivity index (χ3v) is 2.82. The Morgan fingerprint density at radius 2 is 2.29 bits per heavy atom. The molecule has 0 aromatic carbocycles. The van der Waals surface area contributed by atoms with Crippen molar-refractivity contribution >= 4 is 0 Å². The highest BCUT2D eigenvalue weighted by Gasteiger charge is 2.13. The van der Waals surface area contributed by atoms with E-state index >= 15 is 0 Å². The van der Waals surface area contributed by atoms with Gasteiger partial charge in [0.2, 0.25) is 11.7 Å². The summed E-state index contributed by atoms with van der Waals surface area (Å²) in [5.41, 5.74) is 1.01. The normalized spacial score (nSPS) is 12.9. The van der Waals surface area contributed by atoms with Gasteiger partial charge in [-0.15, -0.1) is 0 Å². The number of hydrogen-bond acceptors (Lipinski definition) is 5. The smallest absolute Gasteiger partial charge is 0.238 e. The van der Waals surface area contributed by atoms with E-state index in [1.807, 2.05) is 20.0 Å². The van der Waals surface area contributed by atoms with Gasteiger partial charge in [0.05, 0.1) is 6.26 Å². The molecule has 0 aliphatic rings. The van der Waals surface area contributed by atoms with Crippen molar-refractivity contribution in [3.05, 3.63) is 23.8 Å². The molecular weight excluding hydrogens is 218 g/mol. The lowest BCUT2D eigenvalue weighted by Gasteiger charge is -2.06. The minimum atomic E-state index is 0.440. The minimum Gasteiger partial charge on any atom is -0.461 e. The van der Waals surface area contributed by atoms with Crippen molar-refractivity contribution in [2.45, 2.75) is 32.7 Å². The Labute approximate surface area is 100 Å². The standard InChI is InChI=1S/C12H17N3O2/c1-8-6-7-16-11(8)12-14-10(17-15-12)5-4-9(2)13-3/h6-7,9,13H,4-5H2,1-3H3. The number of hydrogen-bond donors (Lipinski definition) is 1. The van der Waals surface area contributed by atoms with E-state index in [0.29, 0.717) is 23.5 Å². The molecule has 0 amide bonds. The van der Waals surface area contributed by atoms with Crippen LogP contribution in [0.25, 0.3) is 11.6 Å². The number of nitrogens with one attached hydrogen (secondary N) is 1. The third-order valence-electron chi connectivity index (χ3n) is 2.82. The van der Waals surface area contributed by atoms with Gasteiger partial charge in [-0.25, -0.2) is 0 Å². The number of aromatic nitrogens is 2. The van der Waals surface area contributed by atoms with Gasteiger partial charge < -0.3 is 14.3 Å². The molecule has 0 saturated heterocycles. The van der Waals surface area contributed by atoms with E-state index in [2.05, 4.69) is 22.4 Å². The summed E-state index contributed by atoms with van der Waals surface area (Å²) in [5.74, 6) is 1.86. The number of furan rings is 1. The first-order chi connectivity index (χ1) is 8.20. The molecule has 17 heavy (non-hydrogen) atoms. The summed E-state index contributed by atoms with van der Waals surface area (Å²) in [6.45, 7) is 4.08. The van der Waals surface area contributed by atoms with Crippen molar-refractivity contribution in [1.29, 1.82) is 0 Å². The molecule has 1 N–H and O–H groups in total. The molecule has 2 rings (SSSR count). The fraction of sp³-hybridized carbons (Fsp3) is 0.500. The van der Waals surface area contributed by atoms with Crippen molar-refractivity contribution in [3.63, 3.8) is 0 Å². The summed E-state index contributed by atoms with van der Waals surface area (Å²) < 4.78 is 10.5. The van der Waals surface area contributed by atoms with Crippen LogP contribution in [-0.2, 0) is 6.42 Å². The van der Waals surface area contributed by atoms with Gasteiger partial charge in [-0.05, 0) is 38.9 Å². The van der Waals surface area contributed by atoms with Gasteiger partial charge in [0.25, 0.3) is 0 Å². The Morgan fingerprint density at radius 3 is 2.94 bits per heavy atom. The van der Waals surface area contributed by atoms with Gasteiger partial charge in [-0.2, -0.15) is 4.98 Å². The molecule has 0 fully saturated rings. The third kappa shape index (κ3) is 2.74. The Balaban J connectivity index is 2.04. The van der Waals surface area contributed by atoms with Crippen molar-refractivity contribution in [3.8, 4) is 11.6 Å². The average molecular weight is 235 g/mol. The van der Waals surface area contributed by atoms with Crippen LogP contribution in [0.15, 0.2) is 21.3 Å². The predicted octanol–water partition coefficient (Wildman–Crippen LogP) is 2.18. The largest absolute Gasteiger partial charge is 0.461 e. The molecule has 2 aromatic rings. The average Bonchev–Trinajstić information content (AvgIpc) is 2.94. The molecule has 2 aromatic heterocycles.